The van der Waals surface area contributed by atoms with Gasteiger partial charge in [0.15, 0.2) is 6.10 Å². The standard InChI is InChI=1S/C73H136O6/c1-4-7-10-13-16-18-20-22-24-26-28-30-31-32-33-34-35-36-37-38-39-40-41-43-44-46-48-50-52-54-57-60-63-66-72(75)78-69-70(68-77-71(74)65-62-59-56-15-12-9-6-3)79-73(76)67-64-61-58-55-53-51-49-47-45-42-29-27-25-23-21-19-17-14-11-8-5-2/h21,23,26-29,70H,4-20,22,24-25,30-69H2,1-3H3/b23-21-,28-26-,29-27-. The normalized spacial score (nSPS) is 12.2. The largest absolute Gasteiger partial charge is 0.462 e. The number of hydrogen-bond donors (Lipinski definition) is 0. The zero-order chi connectivity index (χ0) is 57.1. The predicted octanol–water partition coefficient (Wildman–Crippen LogP) is 24.3. The highest BCUT2D eigenvalue weighted by atomic mass is 16.6. The summed E-state index contributed by atoms with van der Waals surface area (Å²) in [6.07, 6.45) is 85.0. The number of rotatable bonds is 66. The van der Waals surface area contributed by atoms with E-state index in [-0.39, 0.29) is 31.1 Å². The van der Waals surface area contributed by atoms with Crippen LogP contribution in [-0.2, 0) is 28.6 Å². The summed E-state index contributed by atoms with van der Waals surface area (Å²) in [5.41, 5.74) is 0. The van der Waals surface area contributed by atoms with Crippen molar-refractivity contribution in [2.24, 2.45) is 0 Å². The molecular weight excluding hydrogens is 973 g/mol. The Labute approximate surface area is 493 Å². The lowest BCUT2D eigenvalue weighted by atomic mass is 10.0. The van der Waals surface area contributed by atoms with E-state index in [1.54, 1.807) is 0 Å². The summed E-state index contributed by atoms with van der Waals surface area (Å²) in [6, 6.07) is 0. The van der Waals surface area contributed by atoms with E-state index >= 15 is 0 Å². The zero-order valence-electron chi connectivity index (χ0n) is 53.4. The zero-order valence-corrected chi connectivity index (χ0v) is 53.4. The lowest BCUT2D eigenvalue weighted by molar-refractivity contribution is -0.167. The molecule has 0 aliphatic rings. The fraction of sp³-hybridized carbons (Fsp3) is 0.877. The van der Waals surface area contributed by atoms with Crippen molar-refractivity contribution in [2.75, 3.05) is 13.2 Å². The molecule has 0 N–H and O–H groups in total. The summed E-state index contributed by atoms with van der Waals surface area (Å²) in [5.74, 6) is -0.856. The molecule has 0 fully saturated rings. The minimum Gasteiger partial charge on any atom is -0.462 e. The van der Waals surface area contributed by atoms with Gasteiger partial charge in [-0.15, -0.1) is 0 Å². The Hall–Kier alpha value is -2.37. The van der Waals surface area contributed by atoms with E-state index in [2.05, 4.69) is 57.2 Å². The fourth-order valence-corrected chi connectivity index (χ4v) is 10.8. The molecule has 0 aromatic rings. The monoisotopic (exact) mass is 1110 g/mol. The van der Waals surface area contributed by atoms with Crippen LogP contribution in [0.1, 0.15) is 393 Å². The third kappa shape index (κ3) is 66.3. The van der Waals surface area contributed by atoms with Crippen LogP contribution in [-0.4, -0.2) is 37.2 Å². The summed E-state index contributed by atoms with van der Waals surface area (Å²) >= 11 is 0. The second kappa shape index (κ2) is 68.1. The highest BCUT2D eigenvalue weighted by molar-refractivity contribution is 5.71. The first kappa shape index (κ1) is 76.6. The summed E-state index contributed by atoms with van der Waals surface area (Å²) in [5, 5.41) is 0. The van der Waals surface area contributed by atoms with Crippen molar-refractivity contribution in [3.05, 3.63) is 36.5 Å². The van der Waals surface area contributed by atoms with Gasteiger partial charge < -0.3 is 14.2 Å². The van der Waals surface area contributed by atoms with E-state index in [1.807, 2.05) is 0 Å². The highest BCUT2D eigenvalue weighted by Gasteiger charge is 2.19. The summed E-state index contributed by atoms with van der Waals surface area (Å²) in [4.78, 5) is 38.1. The first-order valence-electron chi connectivity index (χ1n) is 35.5. The van der Waals surface area contributed by atoms with Gasteiger partial charge in [0, 0.05) is 19.3 Å². The molecular formula is C73H136O6. The molecule has 6 heteroatoms. The predicted molar refractivity (Wildman–Crippen MR) is 344 cm³/mol. The molecule has 0 amide bonds. The smallest absolute Gasteiger partial charge is 0.306 e. The Kier molecular flexibility index (Phi) is 66.1. The first-order valence-corrected chi connectivity index (χ1v) is 35.5. The maximum Gasteiger partial charge on any atom is 0.306 e. The summed E-state index contributed by atoms with van der Waals surface area (Å²) in [7, 11) is 0. The Bertz CT molecular complexity index is 1320. The molecule has 0 aromatic carbocycles. The van der Waals surface area contributed by atoms with E-state index in [0.717, 1.165) is 64.2 Å². The van der Waals surface area contributed by atoms with Crippen molar-refractivity contribution in [1.29, 1.82) is 0 Å². The maximum absolute atomic E-state index is 12.9. The molecule has 0 saturated heterocycles. The average molecular weight is 1110 g/mol. The van der Waals surface area contributed by atoms with Crippen LogP contribution in [0.4, 0.5) is 0 Å². The third-order valence-electron chi connectivity index (χ3n) is 16.1. The number of hydrogen-bond acceptors (Lipinski definition) is 6. The van der Waals surface area contributed by atoms with Gasteiger partial charge in [0.25, 0.3) is 0 Å². The highest BCUT2D eigenvalue weighted by Crippen LogP contribution is 2.18. The van der Waals surface area contributed by atoms with Crippen molar-refractivity contribution in [3.63, 3.8) is 0 Å². The Morgan fingerprint density at radius 1 is 0.253 bits per heavy atom. The molecule has 1 unspecified atom stereocenters. The van der Waals surface area contributed by atoms with Crippen LogP contribution < -0.4 is 0 Å². The fourth-order valence-electron chi connectivity index (χ4n) is 10.8. The van der Waals surface area contributed by atoms with Gasteiger partial charge in [-0.1, -0.05) is 333 Å². The molecule has 0 rings (SSSR count). The summed E-state index contributed by atoms with van der Waals surface area (Å²) in [6.45, 7) is 6.64. The van der Waals surface area contributed by atoms with Crippen molar-refractivity contribution >= 4 is 17.9 Å². The topological polar surface area (TPSA) is 78.9 Å². The number of carbonyl (C=O) groups excluding carboxylic acids is 3. The number of ether oxygens (including phenoxy) is 3. The van der Waals surface area contributed by atoms with Crippen LogP contribution in [0.5, 0.6) is 0 Å². The Balaban J connectivity index is 3.98. The van der Waals surface area contributed by atoms with Gasteiger partial charge in [0.1, 0.15) is 13.2 Å². The second-order valence-electron chi connectivity index (χ2n) is 24.1. The average Bonchev–Trinajstić information content (AvgIpc) is 3.45. The van der Waals surface area contributed by atoms with Crippen LogP contribution >= 0.6 is 0 Å². The van der Waals surface area contributed by atoms with Gasteiger partial charge in [0.05, 0.1) is 0 Å². The molecule has 79 heavy (non-hydrogen) atoms. The van der Waals surface area contributed by atoms with Gasteiger partial charge in [0.2, 0.25) is 0 Å². The number of esters is 3. The van der Waals surface area contributed by atoms with E-state index < -0.39 is 6.10 Å². The SMILES string of the molecule is CCCCCCC/C=C\C/C=C\CCCCCCCCCCCC(=O)OC(COC(=O)CCCCCCCCC)COC(=O)CCCCCCCCCCCCCCCCCCCCCCC/C=C\CCCCCCCCCC. The third-order valence-corrected chi connectivity index (χ3v) is 16.1. The van der Waals surface area contributed by atoms with Crippen LogP contribution in [0.15, 0.2) is 36.5 Å². The van der Waals surface area contributed by atoms with E-state index in [4.69, 9.17) is 14.2 Å². The Morgan fingerprint density at radius 3 is 0.709 bits per heavy atom. The quantitative estimate of drug-likeness (QED) is 0.0261. The van der Waals surface area contributed by atoms with E-state index in [0.29, 0.717) is 19.3 Å². The van der Waals surface area contributed by atoms with Gasteiger partial charge in [-0.2, -0.15) is 0 Å². The molecule has 0 spiro atoms. The summed E-state index contributed by atoms with van der Waals surface area (Å²) < 4.78 is 16.9. The van der Waals surface area contributed by atoms with Crippen molar-refractivity contribution < 1.29 is 28.6 Å². The number of carbonyl (C=O) groups is 3. The van der Waals surface area contributed by atoms with Gasteiger partial charge in [-0.25, -0.2) is 0 Å². The van der Waals surface area contributed by atoms with Gasteiger partial charge in [-0.05, 0) is 77.0 Å². The molecule has 0 aromatic heterocycles. The maximum atomic E-state index is 12.9. The molecule has 0 aliphatic carbocycles. The molecule has 6 nitrogen and oxygen atoms in total. The number of allylic oxidation sites excluding steroid dienone is 6. The van der Waals surface area contributed by atoms with Crippen molar-refractivity contribution in [2.45, 2.75) is 399 Å². The molecule has 464 valence electrons. The molecule has 0 aliphatic heterocycles. The second-order valence-corrected chi connectivity index (χ2v) is 24.1. The molecule has 0 radical (unpaired) electrons. The molecule has 0 bridgehead atoms. The Morgan fingerprint density at radius 2 is 0.456 bits per heavy atom. The van der Waals surface area contributed by atoms with Crippen LogP contribution in [0.2, 0.25) is 0 Å². The minimum atomic E-state index is -0.770. The van der Waals surface area contributed by atoms with Crippen LogP contribution in [0.25, 0.3) is 0 Å². The molecule has 0 heterocycles. The van der Waals surface area contributed by atoms with Gasteiger partial charge in [-0.3, -0.25) is 14.4 Å². The lowest BCUT2D eigenvalue weighted by Gasteiger charge is -2.18. The van der Waals surface area contributed by atoms with Crippen molar-refractivity contribution in [1.82, 2.24) is 0 Å². The molecule has 0 saturated carbocycles. The minimum absolute atomic E-state index is 0.0689. The van der Waals surface area contributed by atoms with E-state index in [9.17, 15) is 14.4 Å². The number of unbranched alkanes of at least 4 members (excludes halogenated alkanes) is 49. The lowest BCUT2D eigenvalue weighted by Crippen LogP contribution is -2.30. The first-order chi connectivity index (χ1) is 39.0. The van der Waals surface area contributed by atoms with Crippen LogP contribution in [0, 0.1) is 0 Å². The van der Waals surface area contributed by atoms with Gasteiger partial charge >= 0.3 is 17.9 Å². The van der Waals surface area contributed by atoms with Crippen molar-refractivity contribution in [3.8, 4) is 0 Å². The van der Waals surface area contributed by atoms with Crippen LogP contribution in [0.3, 0.4) is 0 Å². The van der Waals surface area contributed by atoms with E-state index in [1.165, 1.54) is 289 Å². The molecule has 1 atom stereocenters.